The smallest absolute Gasteiger partial charge is 0.401 e. The van der Waals surface area contributed by atoms with E-state index in [1.807, 2.05) is 5.32 Å². The molecule has 0 saturated carbocycles. The van der Waals surface area contributed by atoms with E-state index in [1.165, 1.54) is 4.90 Å². The summed E-state index contributed by atoms with van der Waals surface area (Å²) in [6, 6.07) is 0. The second-order valence-corrected chi connectivity index (χ2v) is 4.31. The summed E-state index contributed by atoms with van der Waals surface area (Å²) < 4.78 is 35.5. The number of carbonyl (C=O) groups excluding carboxylic acids is 1. The Morgan fingerprint density at radius 1 is 1.39 bits per heavy atom. The van der Waals surface area contributed by atoms with E-state index in [4.69, 9.17) is 5.11 Å². The molecule has 1 amide bonds. The zero-order valence-electron chi connectivity index (χ0n) is 9.66. The highest BCUT2D eigenvalue weighted by atomic mass is 19.4. The van der Waals surface area contributed by atoms with Crippen molar-refractivity contribution in [3.05, 3.63) is 0 Å². The van der Waals surface area contributed by atoms with Gasteiger partial charge >= 0.3 is 12.1 Å². The molecule has 0 bridgehead atoms. The van der Waals surface area contributed by atoms with Crippen LogP contribution in [0.2, 0.25) is 0 Å². The van der Waals surface area contributed by atoms with Crippen LogP contribution >= 0.6 is 0 Å². The lowest BCUT2D eigenvalue weighted by Gasteiger charge is -2.17. The number of aliphatic carboxylic acids is 1. The van der Waals surface area contributed by atoms with Gasteiger partial charge in [-0.25, -0.2) is 0 Å². The molecule has 1 heterocycles. The van der Waals surface area contributed by atoms with Crippen LogP contribution < -0.4 is 5.32 Å². The Kier molecular flexibility index (Phi) is 4.94. The average Bonchev–Trinajstić information content (AvgIpc) is 2.63. The minimum atomic E-state index is -4.34. The highest BCUT2D eigenvalue weighted by Gasteiger charge is 2.29. The zero-order chi connectivity index (χ0) is 13.8. The summed E-state index contributed by atoms with van der Waals surface area (Å²) in [6.07, 6.45) is -3.77. The zero-order valence-corrected chi connectivity index (χ0v) is 9.66. The number of amides is 1. The summed E-state index contributed by atoms with van der Waals surface area (Å²) in [4.78, 5) is 23.4. The lowest BCUT2D eigenvalue weighted by Crippen LogP contribution is -2.40. The van der Waals surface area contributed by atoms with E-state index in [2.05, 4.69) is 0 Å². The maximum atomic E-state index is 11.8. The summed E-state index contributed by atoms with van der Waals surface area (Å²) in [6.45, 7) is -0.867. The fourth-order valence-corrected chi connectivity index (χ4v) is 1.90. The van der Waals surface area contributed by atoms with Crippen LogP contribution in [-0.4, -0.2) is 54.2 Å². The standard InChI is InChI=1S/C10H15F3N2O3/c11-10(12,13)6-14-4-8(16)15-2-1-7(5-15)3-9(17)18/h7,14H,1-6H2,(H,17,18). The van der Waals surface area contributed by atoms with Gasteiger partial charge in [-0.15, -0.1) is 0 Å². The molecule has 104 valence electrons. The molecule has 0 aromatic heterocycles. The fourth-order valence-electron chi connectivity index (χ4n) is 1.90. The normalized spacial score (nSPS) is 20.2. The first-order valence-corrected chi connectivity index (χ1v) is 5.55. The van der Waals surface area contributed by atoms with Gasteiger partial charge in [0.2, 0.25) is 5.91 Å². The van der Waals surface area contributed by atoms with E-state index in [-0.39, 0.29) is 18.9 Å². The molecule has 8 heteroatoms. The van der Waals surface area contributed by atoms with Gasteiger partial charge in [0.1, 0.15) is 0 Å². The van der Waals surface area contributed by atoms with Crippen LogP contribution in [0, 0.1) is 5.92 Å². The highest BCUT2D eigenvalue weighted by molar-refractivity contribution is 5.78. The predicted molar refractivity (Wildman–Crippen MR) is 55.9 cm³/mol. The highest BCUT2D eigenvalue weighted by Crippen LogP contribution is 2.19. The third-order valence-electron chi connectivity index (χ3n) is 2.70. The van der Waals surface area contributed by atoms with Crippen molar-refractivity contribution < 1.29 is 27.9 Å². The molecule has 0 aromatic carbocycles. The Morgan fingerprint density at radius 2 is 2.06 bits per heavy atom. The Bertz CT molecular complexity index is 320. The van der Waals surface area contributed by atoms with Gasteiger partial charge in [-0.2, -0.15) is 13.2 Å². The Labute approximate surface area is 102 Å². The van der Waals surface area contributed by atoms with Crippen molar-refractivity contribution >= 4 is 11.9 Å². The van der Waals surface area contributed by atoms with E-state index in [0.29, 0.717) is 19.5 Å². The molecular formula is C10H15F3N2O3. The van der Waals surface area contributed by atoms with Gasteiger partial charge in [-0.3, -0.25) is 9.59 Å². The van der Waals surface area contributed by atoms with Crippen LogP contribution in [-0.2, 0) is 9.59 Å². The molecule has 1 fully saturated rings. The molecule has 0 radical (unpaired) electrons. The lowest BCUT2D eigenvalue weighted by atomic mass is 10.1. The third-order valence-corrected chi connectivity index (χ3v) is 2.70. The Morgan fingerprint density at radius 3 is 2.61 bits per heavy atom. The first kappa shape index (κ1) is 14.7. The van der Waals surface area contributed by atoms with Crippen LogP contribution in [0.1, 0.15) is 12.8 Å². The molecule has 0 aliphatic carbocycles. The van der Waals surface area contributed by atoms with Crippen molar-refractivity contribution in [3.8, 4) is 0 Å². The molecule has 1 aliphatic rings. The second kappa shape index (κ2) is 6.03. The van der Waals surface area contributed by atoms with Gasteiger partial charge < -0.3 is 15.3 Å². The quantitative estimate of drug-likeness (QED) is 0.760. The maximum Gasteiger partial charge on any atom is 0.401 e. The lowest BCUT2D eigenvalue weighted by molar-refractivity contribution is -0.139. The number of nitrogens with zero attached hydrogens (tertiary/aromatic N) is 1. The van der Waals surface area contributed by atoms with Gasteiger partial charge in [0.25, 0.3) is 0 Å². The van der Waals surface area contributed by atoms with Gasteiger partial charge in [0, 0.05) is 19.5 Å². The van der Waals surface area contributed by atoms with Gasteiger partial charge in [-0.1, -0.05) is 0 Å². The topological polar surface area (TPSA) is 69.6 Å². The van der Waals surface area contributed by atoms with Crippen molar-refractivity contribution in [3.63, 3.8) is 0 Å². The minimum absolute atomic E-state index is 0.0141. The summed E-state index contributed by atoms with van der Waals surface area (Å²) in [5, 5.41) is 10.6. The molecule has 0 spiro atoms. The molecule has 1 saturated heterocycles. The SMILES string of the molecule is O=C(O)CC1CCN(C(=O)CNCC(F)(F)F)C1. The molecule has 1 rings (SSSR count). The number of rotatable bonds is 5. The summed E-state index contributed by atoms with van der Waals surface area (Å²) in [5.41, 5.74) is 0. The molecule has 2 N–H and O–H groups in total. The monoisotopic (exact) mass is 268 g/mol. The number of nitrogens with one attached hydrogen (secondary N) is 1. The van der Waals surface area contributed by atoms with Crippen LogP contribution in [0.5, 0.6) is 0 Å². The molecule has 5 nitrogen and oxygen atoms in total. The van der Waals surface area contributed by atoms with Crippen molar-refractivity contribution in [2.75, 3.05) is 26.2 Å². The largest absolute Gasteiger partial charge is 0.481 e. The number of carbonyl (C=O) groups is 2. The van der Waals surface area contributed by atoms with E-state index < -0.39 is 24.6 Å². The number of carboxylic acids is 1. The number of alkyl halides is 3. The van der Waals surface area contributed by atoms with Crippen LogP contribution in [0.25, 0.3) is 0 Å². The fraction of sp³-hybridized carbons (Fsp3) is 0.800. The first-order valence-electron chi connectivity index (χ1n) is 5.55. The third kappa shape index (κ3) is 5.35. The van der Waals surface area contributed by atoms with Gasteiger partial charge in [0.05, 0.1) is 13.1 Å². The van der Waals surface area contributed by atoms with Gasteiger partial charge in [-0.05, 0) is 12.3 Å². The maximum absolute atomic E-state index is 11.8. The van der Waals surface area contributed by atoms with E-state index >= 15 is 0 Å². The Hall–Kier alpha value is -1.31. The average molecular weight is 268 g/mol. The minimum Gasteiger partial charge on any atom is -0.481 e. The van der Waals surface area contributed by atoms with Crippen LogP contribution in [0.3, 0.4) is 0 Å². The molecular weight excluding hydrogens is 253 g/mol. The summed E-state index contributed by atoms with van der Waals surface area (Å²) in [7, 11) is 0. The van der Waals surface area contributed by atoms with Crippen molar-refractivity contribution in [1.29, 1.82) is 0 Å². The summed E-state index contributed by atoms with van der Waals surface area (Å²) >= 11 is 0. The molecule has 1 unspecified atom stereocenters. The van der Waals surface area contributed by atoms with Crippen LogP contribution in [0.4, 0.5) is 13.2 Å². The molecule has 18 heavy (non-hydrogen) atoms. The second-order valence-electron chi connectivity index (χ2n) is 4.31. The number of halogens is 3. The first-order chi connectivity index (χ1) is 8.28. The van der Waals surface area contributed by atoms with Crippen molar-refractivity contribution in [2.45, 2.75) is 19.0 Å². The molecule has 1 aliphatic heterocycles. The molecule has 0 aromatic rings. The molecule has 1 atom stereocenters. The summed E-state index contributed by atoms with van der Waals surface area (Å²) in [5.74, 6) is -1.45. The predicted octanol–water partition coefficient (Wildman–Crippen LogP) is 0.461. The van der Waals surface area contributed by atoms with Crippen molar-refractivity contribution in [1.82, 2.24) is 10.2 Å². The number of hydrogen-bond acceptors (Lipinski definition) is 3. The van der Waals surface area contributed by atoms with E-state index in [0.717, 1.165) is 0 Å². The van der Waals surface area contributed by atoms with Gasteiger partial charge in [0.15, 0.2) is 0 Å². The van der Waals surface area contributed by atoms with E-state index in [9.17, 15) is 22.8 Å². The Balaban J connectivity index is 2.25. The number of carboxylic acid groups (broad SMARTS) is 1. The number of hydrogen-bond donors (Lipinski definition) is 2. The van der Waals surface area contributed by atoms with Crippen molar-refractivity contribution in [2.24, 2.45) is 5.92 Å². The van der Waals surface area contributed by atoms with Crippen LogP contribution in [0.15, 0.2) is 0 Å². The number of likely N-dealkylation sites (tertiary alicyclic amines) is 1. The van der Waals surface area contributed by atoms with E-state index in [1.54, 1.807) is 0 Å².